The minimum atomic E-state index is -2.71. The van der Waals surface area contributed by atoms with Gasteiger partial charge in [0.2, 0.25) is 15.8 Å². The lowest BCUT2D eigenvalue weighted by Gasteiger charge is -2.49. The van der Waals surface area contributed by atoms with E-state index in [1.165, 1.54) is 0 Å². The molecular weight excluding hydrogens is 561 g/mol. The average Bonchev–Trinajstić information content (AvgIpc) is 2.78. The number of esters is 3. The number of aliphatic hydroxyl groups is 1. The number of alkyl halides is 3. The van der Waals surface area contributed by atoms with Crippen LogP contribution in [0.4, 0.5) is 4.79 Å². The van der Waals surface area contributed by atoms with Gasteiger partial charge < -0.3 is 33.5 Å². The fraction of sp³-hybridized carbons (Fsp3) is 0.545. The zero-order valence-electron chi connectivity index (χ0n) is 20.0. The Morgan fingerprint density at radius 3 is 2.16 bits per heavy atom. The number of halogens is 3. The first-order valence-electron chi connectivity index (χ1n) is 10.7. The zero-order chi connectivity index (χ0) is 27.8. The summed E-state index contributed by atoms with van der Waals surface area (Å²) < 4.78 is 29.9. The van der Waals surface area contributed by atoms with Crippen LogP contribution in [0, 0.1) is 0 Å². The van der Waals surface area contributed by atoms with E-state index in [-0.39, 0.29) is 6.61 Å². The highest BCUT2D eigenvalue weighted by atomic mass is 35.6. The molecule has 0 radical (unpaired) electrons. The average molecular weight is 587 g/mol. The molecule has 1 aliphatic rings. The van der Waals surface area contributed by atoms with E-state index >= 15 is 0 Å². The maximum atomic E-state index is 12.5. The van der Waals surface area contributed by atoms with E-state index < -0.39 is 71.3 Å². The molecule has 1 saturated heterocycles. The molecule has 1 aromatic rings. The molecule has 2 rings (SSSR count). The SMILES string of the molecule is CC(=O)OC[C@H]1O[C@H](OCc2ccccc2)[C@@](O)(NC(=O)OCC(Cl)(Cl)Cl)[C@@H](OC(C)=O)[C@@H]1OC(C)=O. The van der Waals surface area contributed by atoms with Gasteiger partial charge in [-0.3, -0.25) is 19.7 Å². The lowest BCUT2D eigenvalue weighted by molar-refractivity contribution is -0.351. The van der Waals surface area contributed by atoms with Gasteiger partial charge >= 0.3 is 24.0 Å². The third-order valence-corrected chi connectivity index (χ3v) is 5.04. The van der Waals surface area contributed by atoms with E-state index in [1.54, 1.807) is 30.3 Å². The van der Waals surface area contributed by atoms with Crippen LogP contribution < -0.4 is 5.32 Å². The molecule has 0 unspecified atom stereocenters. The third kappa shape index (κ3) is 9.80. The highest BCUT2D eigenvalue weighted by molar-refractivity contribution is 6.67. The van der Waals surface area contributed by atoms with Crippen molar-refractivity contribution in [1.29, 1.82) is 0 Å². The molecule has 0 spiro atoms. The lowest BCUT2D eigenvalue weighted by atomic mass is 9.92. The number of carbonyl (C=O) groups excluding carboxylic acids is 4. The Labute approximate surface area is 227 Å². The Kier molecular flexibility index (Phi) is 11.2. The standard InChI is InChI=1S/C22H26Cl3NO11/c1-12(27)32-10-16-17(35-13(2)28)18(36-14(3)29)22(31,26-20(30)34-11-21(23,24)25)19(37-16)33-9-15-7-5-4-6-8-15/h4-8,16-19,31H,9-11H2,1-3H3,(H,26,30)/t16-,17-,18+,19+,22-/m1/s1. The molecule has 1 aliphatic heterocycles. The summed E-state index contributed by atoms with van der Waals surface area (Å²) in [7, 11) is 0. The van der Waals surface area contributed by atoms with Gasteiger partial charge in [0.05, 0.1) is 6.61 Å². The summed E-state index contributed by atoms with van der Waals surface area (Å²) in [5, 5.41) is 13.7. The Morgan fingerprint density at radius 1 is 1.00 bits per heavy atom. The molecule has 12 nitrogen and oxygen atoms in total. The molecule has 0 aromatic heterocycles. The van der Waals surface area contributed by atoms with Crippen molar-refractivity contribution < 1.29 is 52.7 Å². The van der Waals surface area contributed by atoms with Gasteiger partial charge in [0.25, 0.3) is 0 Å². The number of rotatable bonds is 9. The molecule has 0 bridgehead atoms. The number of amides is 1. The summed E-state index contributed by atoms with van der Waals surface area (Å²) in [4.78, 5) is 47.8. The summed E-state index contributed by atoms with van der Waals surface area (Å²) in [6.07, 6.45) is -7.79. The first-order chi connectivity index (χ1) is 17.2. The third-order valence-electron chi connectivity index (χ3n) is 4.72. The molecular formula is C22H26Cl3NO11. The van der Waals surface area contributed by atoms with Crippen molar-refractivity contribution in [3.8, 4) is 0 Å². The molecule has 1 fully saturated rings. The van der Waals surface area contributed by atoms with Gasteiger partial charge in [-0.15, -0.1) is 0 Å². The van der Waals surface area contributed by atoms with E-state index in [4.69, 9.17) is 63.2 Å². The van der Waals surface area contributed by atoms with Crippen molar-refractivity contribution in [2.45, 2.75) is 61.5 Å². The van der Waals surface area contributed by atoms with Crippen molar-refractivity contribution in [3.05, 3.63) is 35.9 Å². The van der Waals surface area contributed by atoms with Crippen LogP contribution in [-0.4, -0.2) is 76.4 Å². The van der Waals surface area contributed by atoms with Crippen LogP contribution in [-0.2, 0) is 49.4 Å². The van der Waals surface area contributed by atoms with Crippen molar-refractivity contribution >= 4 is 58.8 Å². The number of ether oxygens (including phenoxy) is 6. The maximum Gasteiger partial charge on any atom is 0.409 e. The molecule has 2 N–H and O–H groups in total. The maximum absolute atomic E-state index is 12.5. The van der Waals surface area contributed by atoms with Crippen molar-refractivity contribution in [1.82, 2.24) is 5.32 Å². The molecule has 0 aliphatic carbocycles. The van der Waals surface area contributed by atoms with Gasteiger partial charge in [0.15, 0.2) is 12.2 Å². The predicted molar refractivity (Wildman–Crippen MR) is 127 cm³/mol. The smallest absolute Gasteiger partial charge is 0.409 e. The highest BCUT2D eigenvalue weighted by Crippen LogP contribution is 2.34. The van der Waals surface area contributed by atoms with Crippen LogP contribution in [0.2, 0.25) is 0 Å². The Bertz CT molecular complexity index is 959. The molecule has 206 valence electrons. The summed E-state index contributed by atoms with van der Waals surface area (Å²) in [5.74, 6) is -2.47. The van der Waals surface area contributed by atoms with Crippen molar-refractivity contribution in [3.63, 3.8) is 0 Å². The first kappa shape index (κ1) is 30.9. The monoisotopic (exact) mass is 585 g/mol. The van der Waals surface area contributed by atoms with Crippen LogP contribution in [0.5, 0.6) is 0 Å². The second kappa shape index (κ2) is 13.4. The van der Waals surface area contributed by atoms with E-state index in [2.05, 4.69) is 5.32 Å². The quantitative estimate of drug-likeness (QED) is 0.189. The molecule has 1 heterocycles. The summed E-state index contributed by atoms with van der Waals surface area (Å²) >= 11 is 16.8. The van der Waals surface area contributed by atoms with Crippen LogP contribution in [0.3, 0.4) is 0 Å². The van der Waals surface area contributed by atoms with Gasteiger partial charge in [0.1, 0.15) is 19.3 Å². The van der Waals surface area contributed by atoms with E-state index in [1.807, 2.05) is 0 Å². The van der Waals surface area contributed by atoms with Gasteiger partial charge in [-0.2, -0.15) is 0 Å². The molecule has 5 atom stereocenters. The number of alkyl carbamates (subject to hydrolysis) is 1. The molecule has 1 aromatic carbocycles. The van der Waals surface area contributed by atoms with E-state index in [9.17, 15) is 24.3 Å². The van der Waals surface area contributed by atoms with Crippen LogP contribution in [0.15, 0.2) is 30.3 Å². The van der Waals surface area contributed by atoms with Gasteiger partial charge in [0, 0.05) is 20.8 Å². The first-order valence-corrected chi connectivity index (χ1v) is 11.9. The summed E-state index contributed by atoms with van der Waals surface area (Å²) in [5.41, 5.74) is -2.06. The van der Waals surface area contributed by atoms with Crippen molar-refractivity contribution in [2.24, 2.45) is 0 Å². The number of benzene rings is 1. The summed E-state index contributed by atoms with van der Waals surface area (Å²) in [6, 6.07) is 8.68. The Hall–Kier alpha value is -2.35. The normalized spacial score (nSPS) is 25.5. The van der Waals surface area contributed by atoms with Gasteiger partial charge in [-0.1, -0.05) is 65.1 Å². The topological polar surface area (TPSA) is 156 Å². The number of hydrogen-bond acceptors (Lipinski definition) is 11. The van der Waals surface area contributed by atoms with Crippen LogP contribution in [0.25, 0.3) is 0 Å². The van der Waals surface area contributed by atoms with Gasteiger partial charge in [-0.25, -0.2) is 4.79 Å². The highest BCUT2D eigenvalue weighted by Gasteiger charge is 2.61. The molecule has 37 heavy (non-hydrogen) atoms. The minimum Gasteiger partial charge on any atom is -0.463 e. The second-order valence-electron chi connectivity index (χ2n) is 7.85. The summed E-state index contributed by atoms with van der Waals surface area (Å²) in [6.45, 7) is 1.86. The lowest BCUT2D eigenvalue weighted by Crippen LogP contribution is -2.75. The van der Waals surface area contributed by atoms with E-state index in [0.717, 1.165) is 20.8 Å². The van der Waals surface area contributed by atoms with E-state index in [0.29, 0.717) is 5.56 Å². The largest absolute Gasteiger partial charge is 0.463 e. The predicted octanol–water partition coefficient (Wildman–Crippen LogP) is 2.14. The molecule has 1 amide bonds. The Balaban J connectivity index is 2.47. The zero-order valence-corrected chi connectivity index (χ0v) is 22.2. The van der Waals surface area contributed by atoms with Crippen LogP contribution in [0.1, 0.15) is 26.3 Å². The molecule has 15 heteroatoms. The van der Waals surface area contributed by atoms with Crippen LogP contribution >= 0.6 is 34.8 Å². The second-order valence-corrected chi connectivity index (χ2v) is 10.4. The number of carbonyl (C=O) groups is 4. The van der Waals surface area contributed by atoms with Gasteiger partial charge in [-0.05, 0) is 5.56 Å². The molecule has 0 saturated carbocycles. The minimum absolute atomic E-state index is 0.149. The Morgan fingerprint density at radius 2 is 1.62 bits per heavy atom. The fourth-order valence-corrected chi connectivity index (χ4v) is 3.47. The van der Waals surface area contributed by atoms with Crippen molar-refractivity contribution in [2.75, 3.05) is 13.2 Å². The number of hydrogen-bond donors (Lipinski definition) is 2. The fourth-order valence-electron chi connectivity index (χ4n) is 3.31. The number of nitrogens with one attached hydrogen (secondary N) is 1.